The van der Waals surface area contributed by atoms with Gasteiger partial charge in [-0.25, -0.2) is 4.79 Å². The Bertz CT molecular complexity index is 662. The molecule has 0 saturated carbocycles. The highest BCUT2D eigenvalue weighted by Gasteiger charge is 2.17. The fraction of sp³-hybridized carbons (Fsp3) is 0.176. The summed E-state index contributed by atoms with van der Waals surface area (Å²) in [4.78, 5) is 23.2. The van der Waals surface area contributed by atoms with Gasteiger partial charge < -0.3 is 9.47 Å². The van der Waals surface area contributed by atoms with Crippen LogP contribution in [0.25, 0.3) is 0 Å². The summed E-state index contributed by atoms with van der Waals surface area (Å²) in [5.74, 6) is 0.421. The predicted molar refractivity (Wildman–Crippen MR) is 86.3 cm³/mol. The number of benzene rings is 2. The molecule has 0 spiro atoms. The second-order valence-electron chi connectivity index (χ2n) is 4.72. The average Bonchev–Trinajstić information content (AvgIpc) is 2.50. The molecule has 0 N–H and O–H groups in total. The van der Waals surface area contributed by atoms with Gasteiger partial charge in [0.15, 0.2) is 11.9 Å². The van der Waals surface area contributed by atoms with Gasteiger partial charge in [-0.05, 0) is 62.4 Å². The van der Waals surface area contributed by atoms with Crippen molar-refractivity contribution in [2.24, 2.45) is 0 Å². The predicted octanol–water partition coefficient (Wildman–Crippen LogP) is 4.02. The van der Waals surface area contributed by atoms with Crippen molar-refractivity contribution < 1.29 is 19.1 Å². The molecule has 0 fully saturated rings. The second kappa shape index (κ2) is 7.22. The van der Waals surface area contributed by atoms with E-state index in [0.29, 0.717) is 17.1 Å². The zero-order valence-electron chi connectivity index (χ0n) is 12.2. The number of ether oxygens (including phenoxy) is 2. The van der Waals surface area contributed by atoms with E-state index in [2.05, 4.69) is 15.9 Å². The first-order valence-electron chi connectivity index (χ1n) is 6.70. The Balaban J connectivity index is 1.95. The summed E-state index contributed by atoms with van der Waals surface area (Å²) in [7, 11) is 0. The molecule has 0 unspecified atom stereocenters. The molecular formula is C17H15BrO4. The Kier molecular flexibility index (Phi) is 5.33. The van der Waals surface area contributed by atoms with Crippen molar-refractivity contribution in [1.29, 1.82) is 0 Å². The van der Waals surface area contributed by atoms with Crippen molar-refractivity contribution in [3.05, 3.63) is 58.6 Å². The number of esters is 1. The molecule has 0 aliphatic rings. The van der Waals surface area contributed by atoms with Crippen molar-refractivity contribution >= 4 is 27.7 Å². The zero-order chi connectivity index (χ0) is 16.1. The van der Waals surface area contributed by atoms with Gasteiger partial charge in [0.05, 0.1) is 0 Å². The van der Waals surface area contributed by atoms with Crippen LogP contribution in [0.4, 0.5) is 0 Å². The van der Waals surface area contributed by atoms with E-state index in [1.165, 1.54) is 6.92 Å². The minimum atomic E-state index is -0.742. The summed E-state index contributed by atoms with van der Waals surface area (Å²) in [5.41, 5.74) is 0.568. The summed E-state index contributed by atoms with van der Waals surface area (Å²) in [6, 6.07) is 13.6. The third-order valence-corrected chi connectivity index (χ3v) is 3.47. The number of rotatable bonds is 5. The van der Waals surface area contributed by atoms with Crippen molar-refractivity contribution in [3.63, 3.8) is 0 Å². The van der Waals surface area contributed by atoms with E-state index in [-0.39, 0.29) is 5.78 Å². The molecule has 2 aromatic carbocycles. The van der Waals surface area contributed by atoms with Crippen LogP contribution < -0.4 is 9.47 Å². The van der Waals surface area contributed by atoms with E-state index in [4.69, 9.17) is 9.47 Å². The molecule has 0 saturated heterocycles. The summed E-state index contributed by atoms with van der Waals surface area (Å²) >= 11 is 3.33. The van der Waals surface area contributed by atoms with Crippen molar-refractivity contribution in [2.45, 2.75) is 20.0 Å². The molecule has 2 aromatic rings. The Morgan fingerprint density at radius 3 is 2.05 bits per heavy atom. The van der Waals surface area contributed by atoms with E-state index >= 15 is 0 Å². The van der Waals surface area contributed by atoms with Crippen LogP contribution in [0.2, 0.25) is 0 Å². The summed E-state index contributed by atoms with van der Waals surface area (Å²) < 4.78 is 11.7. The summed E-state index contributed by atoms with van der Waals surface area (Å²) in [6.07, 6.45) is -0.742. The minimum absolute atomic E-state index is 0.0372. The van der Waals surface area contributed by atoms with Crippen LogP contribution in [0.15, 0.2) is 53.0 Å². The summed E-state index contributed by atoms with van der Waals surface area (Å²) in [6.45, 7) is 3.10. The van der Waals surface area contributed by atoms with Crippen LogP contribution in [0.1, 0.15) is 24.2 Å². The Morgan fingerprint density at radius 1 is 0.955 bits per heavy atom. The lowest BCUT2D eigenvalue weighted by Crippen LogP contribution is -2.28. The van der Waals surface area contributed by atoms with Gasteiger partial charge in [-0.1, -0.05) is 15.9 Å². The third-order valence-electron chi connectivity index (χ3n) is 2.94. The lowest BCUT2D eigenvalue weighted by atomic mass is 10.1. The topological polar surface area (TPSA) is 52.6 Å². The van der Waals surface area contributed by atoms with Crippen LogP contribution in [0.3, 0.4) is 0 Å². The highest BCUT2D eigenvalue weighted by atomic mass is 79.9. The third kappa shape index (κ3) is 4.43. The number of hydrogen-bond acceptors (Lipinski definition) is 4. The first-order valence-corrected chi connectivity index (χ1v) is 7.50. The SMILES string of the molecule is CC(=O)c1ccc(OC(=O)[C@@H](C)Oc2ccc(Br)cc2)cc1. The maximum Gasteiger partial charge on any atom is 0.352 e. The van der Waals surface area contributed by atoms with Crippen molar-refractivity contribution in [1.82, 2.24) is 0 Å². The fourth-order valence-corrected chi connectivity index (χ4v) is 1.99. The first kappa shape index (κ1) is 16.2. The monoisotopic (exact) mass is 362 g/mol. The number of hydrogen-bond donors (Lipinski definition) is 0. The molecule has 0 aliphatic carbocycles. The van der Waals surface area contributed by atoms with E-state index < -0.39 is 12.1 Å². The normalized spacial score (nSPS) is 11.6. The Morgan fingerprint density at radius 2 is 1.50 bits per heavy atom. The highest BCUT2D eigenvalue weighted by molar-refractivity contribution is 9.10. The fourth-order valence-electron chi connectivity index (χ4n) is 1.72. The van der Waals surface area contributed by atoms with Crippen LogP contribution in [-0.4, -0.2) is 17.9 Å². The minimum Gasteiger partial charge on any atom is -0.479 e. The number of ketones is 1. The number of Topliss-reactive ketones (excluding diaryl/α,β-unsaturated/α-hetero) is 1. The molecule has 0 heterocycles. The molecule has 22 heavy (non-hydrogen) atoms. The van der Waals surface area contributed by atoms with E-state index in [9.17, 15) is 9.59 Å². The number of carbonyl (C=O) groups excluding carboxylic acids is 2. The molecule has 0 aliphatic heterocycles. The Labute approximate surface area is 137 Å². The van der Waals surface area contributed by atoms with Gasteiger partial charge in [0.25, 0.3) is 0 Å². The van der Waals surface area contributed by atoms with Gasteiger partial charge in [-0.3, -0.25) is 4.79 Å². The van der Waals surface area contributed by atoms with Crippen LogP contribution in [0, 0.1) is 0 Å². The van der Waals surface area contributed by atoms with Gasteiger partial charge >= 0.3 is 5.97 Å². The quantitative estimate of drug-likeness (QED) is 0.457. The first-order chi connectivity index (χ1) is 10.5. The molecule has 0 bridgehead atoms. The van der Waals surface area contributed by atoms with E-state index in [1.807, 2.05) is 12.1 Å². The van der Waals surface area contributed by atoms with Crippen LogP contribution in [0.5, 0.6) is 11.5 Å². The van der Waals surface area contributed by atoms with E-state index in [1.54, 1.807) is 43.3 Å². The zero-order valence-corrected chi connectivity index (χ0v) is 13.8. The van der Waals surface area contributed by atoms with Crippen LogP contribution >= 0.6 is 15.9 Å². The molecule has 4 nitrogen and oxygen atoms in total. The molecule has 0 radical (unpaired) electrons. The smallest absolute Gasteiger partial charge is 0.352 e. The molecule has 114 valence electrons. The van der Waals surface area contributed by atoms with Crippen molar-refractivity contribution in [3.8, 4) is 11.5 Å². The number of halogens is 1. The average molecular weight is 363 g/mol. The van der Waals surface area contributed by atoms with Gasteiger partial charge in [-0.15, -0.1) is 0 Å². The molecular weight excluding hydrogens is 348 g/mol. The van der Waals surface area contributed by atoms with Crippen LogP contribution in [-0.2, 0) is 4.79 Å². The van der Waals surface area contributed by atoms with Crippen molar-refractivity contribution in [2.75, 3.05) is 0 Å². The lowest BCUT2D eigenvalue weighted by molar-refractivity contribution is -0.141. The Hall–Kier alpha value is -2.14. The molecule has 2 rings (SSSR count). The standard InChI is InChI=1S/C17H15BrO4/c1-11(19)13-3-7-16(8-4-13)22-17(20)12(2)21-15-9-5-14(18)6-10-15/h3-10,12H,1-2H3/t12-/m1/s1. The lowest BCUT2D eigenvalue weighted by Gasteiger charge is -2.14. The maximum atomic E-state index is 12.0. The summed E-state index contributed by atoms with van der Waals surface area (Å²) in [5, 5.41) is 0. The van der Waals surface area contributed by atoms with E-state index in [0.717, 1.165) is 4.47 Å². The van der Waals surface area contributed by atoms with Gasteiger partial charge in [0, 0.05) is 10.0 Å². The maximum absolute atomic E-state index is 12.0. The molecule has 0 aromatic heterocycles. The highest BCUT2D eigenvalue weighted by Crippen LogP contribution is 2.18. The second-order valence-corrected chi connectivity index (χ2v) is 5.63. The molecule has 0 amide bonds. The van der Waals surface area contributed by atoms with Gasteiger partial charge in [-0.2, -0.15) is 0 Å². The molecule has 1 atom stereocenters. The van der Waals surface area contributed by atoms with Gasteiger partial charge in [0.2, 0.25) is 0 Å². The molecule has 5 heteroatoms. The van der Waals surface area contributed by atoms with Gasteiger partial charge in [0.1, 0.15) is 11.5 Å². The largest absolute Gasteiger partial charge is 0.479 e. The number of carbonyl (C=O) groups is 2.